The van der Waals surface area contributed by atoms with E-state index in [2.05, 4.69) is 31.3 Å². The molecule has 1 N–H and O–H groups in total. The molecule has 0 aromatic heterocycles. The second-order valence-electron chi connectivity index (χ2n) is 7.63. The van der Waals surface area contributed by atoms with Crippen LogP contribution in [0.15, 0.2) is 42.5 Å². The molecule has 0 bridgehead atoms. The van der Waals surface area contributed by atoms with Crippen molar-refractivity contribution in [3.05, 3.63) is 58.6 Å². The van der Waals surface area contributed by atoms with Gasteiger partial charge >= 0.3 is 0 Å². The molecule has 0 saturated heterocycles. The van der Waals surface area contributed by atoms with Crippen molar-refractivity contribution in [1.82, 2.24) is 5.32 Å². The van der Waals surface area contributed by atoms with E-state index in [1.807, 2.05) is 25.1 Å². The van der Waals surface area contributed by atoms with Gasteiger partial charge in [-0.1, -0.05) is 23.7 Å². The number of benzene rings is 2. The summed E-state index contributed by atoms with van der Waals surface area (Å²) in [6.45, 7) is 6.64. The third-order valence-corrected chi connectivity index (χ3v) is 4.84. The summed E-state index contributed by atoms with van der Waals surface area (Å²) in [6.07, 6.45) is 1.82. The monoisotopic (exact) mass is 387 g/mol. The highest BCUT2D eigenvalue weighted by molar-refractivity contribution is 6.30. The molecule has 27 heavy (non-hydrogen) atoms. The number of hydrogen-bond acceptors (Lipinski definition) is 3. The van der Waals surface area contributed by atoms with Crippen molar-refractivity contribution >= 4 is 17.5 Å². The lowest BCUT2D eigenvalue weighted by molar-refractivity contribution is -0.122. The molecule has 1 atom stereocenters. The predicted octanol–water partition coefficient (Wildman–Crippen LogP) is 5.23. The second kappa shape index (κ2) is 8.22. The van der Waals surface area contributed by atoms with Crippen molar-refractivity contribution in [2.75, 3.05) is 6.61 Å². The molecule has 1 aliphatic rings. The summed E-state index contributed by atoms with van der Waals surface area (Å²) < 4.78 is 11.7. The van der Waals surface area contributed by atoms with Gasteiger partial charge in [0.15, 0.2) is 0 Å². The lowest BCUT2D eigenvalue weighted by Crippen LogP contribution is -2.41. The first-order chi connectivity index (χ1) is 12.8. The van der Waals surface area contributed by atoms with E-state index >= 15 is 0 Å². The molecule has 0 saturated carbocycles. The molecule has 3 rings (SSSR count). The Kier molecular flexibility index (Phi) is 5.95. The average Bonchev–Trinajstić information content (AvgIpc) is 2.59. The molecule has 2 aromatic carbocycles. The van der Waals surface area contributed by atoms with E-state index in [0.29, 0.717) is 24.5 Å². The number of aryl methyl sites for hydroxylation is 1. The van der Waals surface area contributed by atoms with E-state index in [1.165, 1.54) is 0 Å². The minimum atomic E-state index is -0.309. The van der Waals surface area contributed by atoms with Crippen LogP contribution in [0.5, 0.6) is 11.5 Å². The molecule has 5 heteroatoms. The lowest BCUT2D eigenvalue weighted by Gasteiger charge is -2.38. The van der Waals surface area contributed by atoms with E-state index in [1.54, 1.807) is 12.1 Å². The fourth-order valence-corrected chi connectivity index (χ4v) is 3.43. The van der Waals surface area contributed by atoms with Gasteiger partial charge in [-0.2, -0.15) is 0 Å². The van der Waals surface area contributed by atoms with Gasteiger partial charge in [-0.3, -0.25) is 4.79 Å². The molecule has 1 aliphatic heterocycles. The van der Waals surface area contributed by atoms with Crippen LogP contribution in [0.2, 0.25) is 5.02 Å². The van der Waals surface area contributed by atoms with Crippen LogP contribution in [0.1, 0.15) is 50.3 Å². The Labute approximate surface area is 165 Å². The number of carbonyl (C=O) groups excluding carboxylic acids is 1. The van der Waals surface area contributed by atoms with E-state index in [-0.39, 0.29) is 17.6 Å². The summed E-state index contributed by atoms with van der Waals surface area (Å²) in [5, 5.41) is 3.84. The van der Waals surface area contributed by atoms with Crippen molar-refractivity contribution in [2.24, 2.45) is 0 Å². The van der Waals surface area contributed by atoms with Crippen molar-refractivity contribution in [2.45, 2.75) is 51.7 Å². The molecule has 2 aromatic rings. The van der Waals surface area contributed by atoms with Gasteiger partial charge in [-0.25, -0.2) is 0 Å². The Morgan fingerprint density at radius 3 is 2.74 bits per heavy atom. The van der Waals surface area contributed by atoms with Crippen molar-refractivity contribution in [3.8, 4) is 11.5 Å². The summed E-state index contributed by atoms with van der Waals surface area (Å²) in [5.74, 6) is 1.65. The van der Waals surface area contributed by atoms with Crippen LogP contribution in [-0.4, -0.2) is 18.1 Å². The number of carbonyl (C=O) groups is 1. The quantitative estimate of drug-likeness (QED) is 0.690. The first-order valence-electron chi connectivity index (χ1n) is 9.30. The number of hydrogen-bond donors (Lipinski definition) is 1. The lowest BCUT2D eigenvalue weighted by atomic mass is 9.89. The first kappa shape index (κ1) is 19.6. The van der Waals surface area contributed by atoms with Crippen molar-refractivity contribution in [1.29, 1.82) is 0 Å². The maximum absolute atomic E-state index is 12.4. The number of rotatable bonds is 6. The topological polar surface area (TPSA) is 47.6 Å². The fourth-order valence-electron chi connectivity index (χ4n) is 3.31. The average molecular weight is 388 g/mol. The van der Waals surface area contributed by atoms with Crippen LogP contribution >= 0.6 is 11.6 Å². The molecular weight excluding hydrogens is 362 g/mol. The van der Waals surface area contributed by atoms with E-state index in [0.717, 1.165) is 29.0 Å². The van der Waals surface area contributed by atoms with Crippen LogP contribution in [0.25, 0.3) is 0 Å². The normalized spacial score (nSPS) is 17.6. The van der Waals surface area contributed by atoms with Crippen molar-refractivity contribution in [3.63, 3.8) is 0 Å². The molecule has 1 heterocycles. The van der Waals surface area contributed by atoms with Gasteiger partial charge < -0.3 is 14.8 Å². The molecular formula is C22H26ClNO3. The van der Waals surface area contributed by atoms with Gasteiger partial charge in [0.25, 0.3) is 0 Å². The first-order valence-corrected chi connectivity index (χ1v) is 9.67. The summed E-state index contributed by atoms with van der Waals surface area (Å²) in [5.41, 5.74) is 1.89. The molecule has 0 fully saturated rings. The van der Waals surface area contributed by atoms with Crippen LogP contribution in [0.4, 0.5) is 0 Å². The summed E-state index contributed by atoms with van der Waals surface area (Å²) >= 11 is 5.85. The number of halogens is 1. The molecule has 0 aliphatic carbocycles. The Balaban J connectivity index is 1.52. The zero-order valence-corrected chi connectivity index (χ0v) is 16.8. The maximum atomic E-state index is 12.4. The zero-order valence-electron chi connectivity index (χ0n) is 16.0. The molecule has 0 radical (unpaired) electrons. The van der Waals surface area contributed by atoms with Crippen LogP contribution in [0.3, 0.4) is 0 Å². The Morgan fingerprint density at radius 2 is 2.00 bits per heavy atom. The third kappa shape index (κ3) is 5.39. The summed E-state index contributed by atoms with van der Waals surface area (Å²) in [6, 6.07) is 13.3. The van der Waals surface area contributed by atoms with Crippen LogP contribution in [-0.2, 0) is 4.79 Å². The fraction of sp³-hybridized carbons (Fsp3) is 0.409. The molecule has 144 valence electrons. The second-order valence-corrected chi connectivity index (χ2v) is 8.07. The molecule has 0 spiro atoms. The number of nitrogens with one attached hydrogen (secondary N) is 1. The highest BCUT2D eigenvalue weighted by Crippen LogP contribution is 2.39. The van der Waals surface area contributed by atoms with Crippen LogP contribution < -0.4 is 14.8 Å². The van der Waals surface area contributed by atoms with Gasteiger partial charge in [0.2, 0.25) is 5.91 Å². The Morgan fingerprint density at radius 1 is 1.26 bits per heavy atom. The molecule has 0 unspecified atom stereocenters. The Bertz CT molecular complexity index is 802. The molecule has 4 nitrogen and oxygen atoms in total. The largest absolute Gasteiger partial charge is 0.494 e. The predicted molar refractivity (Wildman–Crippen MR) is 108 cm³/mol. The van der Waals surface area contributed by atoms with E-state index < -0.39 is 0 Å². The number of ether oxygens (including phenoxy) is 2. The zero-order chi connectivity index (χ0) is 19.4. The Hall–Kier alpha value is -2.20. The maximum Gasteiger partial charge on any atom is 0.220 e. The van der Waals surface area contributed by atoms with Gasteiger partial charge in [0.05, 0.1) is 12.6 Å². The minimum Gasteiger partial charge on any atom is -0.494 e. The minimum absolute atomic E-state index is 0.0314. The van der Waals surface area contributed by atoms with Gasteiger partial charge in [-0.05, 0) is 63.1 Å². The van der Waals surface area contributed by atoms with Crippen LogP contribution in [0, 0.1) is 6.92 Å². The molecule has 1 amide bonds. The van der Waals surface area contributed by atoms with Gasteiger partial charge in [0.1, 0.15) is 17.1 Å². The van der Waals surface area contributed by atoms with Gasteiger partial charge in [0, 0.05) is 23.4 Å². The highest BCUT2D eigenvalue weighted by atomic mass is 35.5. The van der Waals surface area contributed by atoms with Crippen molar-refractivity contribution < 1.29 is 14.3 Å². The van der Waals surface area contributed by atoms with Gasteiger partial charge in [-0.15, -0.1) is 0 Å². The summed E-state index contributed by atoms with van der Waals surface area (Å²) in [7, 11) is 0. The smallest absolute Gasteiger partial charge is 0.220 e. The highest BCUT2D eigenvalue weighted by Gasteiger charge is 2.34. The standard InChI is InChI=1S/C22H26ClNO3/c1-15-6-11-18-19(14-22(2,3)27-20(18)13-15)24-21(25)5-4-12-26-17-9-7-16(23)8-10-17/h6-11,13,19H,4-5,12,14H2,1-3H3,(H,24,25)/t19-/m1/s1. The SMILES string of the molecule is Cc1ccc2c(c1)OC(C)(C)C[C@H]2NC(=O)CCCOc1ccc(Cl)cc1. The van der Waals surface area contributed by atoms with E-state index in [9.17, 15) is 4.79 Å². The number of amides is 1. The van der Waals surface area contributed by atoms with E-state index in [4.69, 9.17) is 21.1 Å². The third-order valence-electron chi connectivity index (χ3n) is 4.59. The summed E-state index contributed by atoms with van der Waals surface area (Å²) in [4.78, 5) is 12.4. The number of fused-ring (bicyclic) bond motifs is 1.